The molecule has 88 valence electrons. The van der Waals surface area contributed by atoms with Crippen molar-refractivity contribution in [1.82, 2.24) is 10.3 Å². The van der Waals surface area contributed by atoms with Crippen LogP contribution in [0.15, 0.2) is 0 Å². The van der Waals surface area contributed by atoms with Gasteiger partial charge in [-0.3, -0.25) is 0 Å². The monoisotopic (exact) mass is 238 g/mol. The van der Waals surface area contributed by atoms with Crippen LogP contribution in [0, 0.1) is 0 Å². The Morgan fingerprint density at radius 2 is 2.19 bits per heavy atom. The van der Waals surface area contributed by atoms with E-state index in [1.165, 1.54) is 47.7 Å². The van der Waals surface area contributed by atoms with Gasteiger partial charge in [0.1, 0.15) is 5.01 Å². The third-order valence-corrected chi connectivity index (χ3v) is 4.60. The summed E-state index contributed by atoms with van der Waals surface area (Å²) in [5.74, 6) is 0. The van der Waals surface area contributed by atoms with Crippen molar-refractivity contribution >= 4 is 11.3 Å². The van der Waals surface area contributed by atoms with Crippen molar-refractivity contribution < 1.29 is 4.74 Å². The minimum absolute atomic E-state index is 0.339. The SMILES string of the molecule is C1CCc2nc(C3COCCN3)sc2CC1. The van der Waals surface area contributed by atoms with Crippen molar-refractivity contribution in [3.63, 3.8) is 0 Å². The molecule has 1 N–H and O–H groups in total. The van der Waals surface area contributed by atoms with Crippen molar-refractivity contribution in [2.24, 2.45) is 0 Å². The van der Waals surface area contributed by atoms with E-state index in [4.69, 9.17) is 9.72 Å². The first kappa shape index (κ1) is 10.7. The molecule has 1 aromatic rings. The van der Waals surface area contributed by atoms with Gasteiger partial charge >= 0.3 is 0 Å². The van der Waals surface area contributed by atoms with Gasteiger partial charge in [-0.25, -0.2) is 4.98 Å². The van der Waals surface area contributed by atoms with Gasteiger partial charge in [-0.2, -0.15) is 0 Å². The van der Waals surface area contributed by atoms with Gasteiger partial charge in [-0.15, -0.1) is 11.3 Å². The van der Waals surface area contributed by atoms with E-state index >= 15 is 0 Å². The second-order valence-electron chi connectivity index (χ2n) is 4.56. The van der Waals surface area contributed by atoms with E-state index in [9.17, 15) is 0 Å². The number of hydrogen-bond acceptors (Lipinski definition) is 4. The van der Waals surface area contributed by atoms with E-state index < -0.39 is 0 Å². The number of morpholine rings is 1. The zero-order chi connectivity index (χ0) is 10.8. The number of ether oxygens (including phenoxy) is 1. The van der Waals surface area contributed by atoms with Crippen molar-refractivity contribution in [2.45, 2.75) is 38.1 Å². The fourth-order valence-electron chi connectivity index (χ4n) is 2.42. The largest absolute Gasteiger partial charge is 0.378 e. The van der Waals surface area contributed by atoms with Crippen LogP contribution in [0.3, 0.4) is 0 Å². The summed E-state index contributed by atoms with van der Waals surface area (Å²) in [4.78, 5) is 6.34. The molecule has 3 rings (SSSR count). The maximum Gasteiger partial charge on any atom is 0.112 e. The van der Waals surface area contributed by atoms with Gasteiger partial charge in [0.25, 0.3) is 0 Å². The van der Waals surface area contributed by atoms with E-state index in [0.717, 1.165) is 19.8 Å². The maximum atomic E-state index is 5.50. The summed E-state index contributed by atoms with van der Waals surface area (Å²) >= 11 is 1.90. The van der Waals surface area contributed by atoms with Crippen molar-refractivity contribution in [3.05, 3.63) is 15.6 Å². The zero-order valence-corrected chi connectivity index (χ0v) is 10.3. The van der Waals surface area contributed by atoms with Gasteiger partial charge in [0.2, 0.25) is 0 Å². The maximum absolute atomic E-state index is 5.50. The fraction of sp³-hybridized carbons (Fsp3) is 0.750. The highest BCUT2D eigenvalue weighted by Gasteiger charge is 2.21. The first-order valence-electron chi connectivity index (χ1n) is 6.23. The third-order valence-electron chi connectivity index (χ3n) is 3.33. The van der Waals surface area contributed by atoms with E-state index in [-0.39, 0.29) is 0 Å². The molecular formula is C12H18N2OS. The average Bonchev–Trinajstić information content (AvgIpc) is 2.62. The van der Waals surface area contributed by atoms with Crippen LogP contribution in [-0.4, -0.2) is 24.7 Å². The van der Waals surface area contributed by atoms with E-state index in [1.807, 2.05) is 11.3 Å². The smallest absolute Gasteiger partial charge is 0.112 e. The Morgan fingerprint density at radius 1 is 1.25 bits per heavy atom. The molecule has 1 fully saturated rings. The predicted octanol–water partition coefficient (Wildman–Crippen LogP) is 2.07. The number of hydrogen-bond donors (Lipinski definition) is 1. The molecule has 1 aromatic heterocycles. The van der Waals surface area contributed by atoms with Gasteiger partial charge in [0.15, 0.2) is 0 Å². The van der Waals surface area contributed by atoms with Gasteiger partial charge < -0.3 is 10.1 Å². The molecule has 2 heterocycles. The lowest BCUT2D eigenvalue weighted by atomic mass is 10.2. The number of nitrogens with one attached hydrogen (secondary N) is 1. The van der Waals surface area contributed by atoms with Crippen LogP contribution in [0.2, 0.25) is 0 Å². The molecule has 0 radical (unpaired) electrons. The molecule has 0 saturated carbocycles. The molecule has 1 saturated heterocycles. The molecule has 1 aliphatic carbocycles. The Kier molecular flexibility index (Phi) is 3.22. The Labute approximate surface area is 100 Å². The minimum Gasteiger partial charge on any atom is -0.378 e. The van der Waals surface area contributed by atoms with Crippen LogP contribution in [0.25, 0.3) is 0 Å². The number of aryl methyl sites for hydroxylation is 2. The summed E-state index contributed by atoms with van der Waals surface area (Å²) in [6.07, 6.45) is 6.43. The highest BCUT2D eigenvalue weighted by molar-refractivity contribution is 7.11. The second-order valence-corrected chi connectivity index (χ2v) is 5.68. The molecule has 4 heteroatoms. The minimum atomic E-state index is 0.339. The summed E-state index contributed by atoms with van der Waals surface area (Å²) in [5.41, 5.74) is 1.37. The molecular weight excluding hydrogens is 220 g/mol. The predicted molar refractivity (Wildman–Crippen MR) is 64.9 cm³/mol. The van der Waals surface area contributed by atoms with E-state index in [2.05, 4.69) is 5.32 Å². The molecule has 3 nitrogen and oxygen atoms in total. The number of aromatic nitrogens is 1. The van der Waals surface area contributed by atoms with Crippen LogP contribution in [0.5, 0.6) is 0 Å². The van der Waals surface area contributed by atoms with Crippen LogP contribution < -0.4 is 5.32 Å². The molecule has 2 aliphatic rings. The topological polar surface area (TPSA) is 34.1 Å². The number of thiazole rings is 1. The lowest BCUT2D eigenvalue weighted by molar-refractivity contribution is 0.0767. The molecule has 1 atom stereocenters. The molecule has 16 heavy (non-hydrogen) atoms. The molecule has 0 aromatic carbocycles. The molecule has 1 unspecified atom stereocenters. The number of rotatable bonds is 1. The van der Waals surface area contributed by atoms with Gasteiger partial charge in [-0.05, 0) is 25.7 Å². The Balaban J connectivity index is 1.80. The quantitative estimate of drug-likeness (QED) is 0.761. The summed E-state index contributed by atoms with van der Waals surface area (Å²) < 4.78 is 5.50. The van der Waals surface area contributed by atoms with E-state index in [1.54, 1.807) is 0 Å². The van der Waals surface area contributed by atoms with Crippen molar-refractivity contribution in [2.75, 3.05) is 19.8 Å². The van der Waals surface area contributed by atoms with Gasteiger partial charge in [-0.1, -0.05) is 6.42 Å². The third kappa shape index (κ3) is 2.14. The average molecular weight is 238 g/mol. The number of nitrogens with zero attached hydrogens (tertiary/aromatic N) is 1. The molecule has 1 aliphatic heterocycles. The lowest BCUT2D eigenvalue weighted by Crippen LogP contribution is -2.34. The summed E-state index contributed by atoms with van der Waals surface area (Å²) in [7, 11) is 0. The van der Waals surface area contributed by atoms with Crippen LogP contribution >= 0.6 is 11.3 Å². The molecule has 0 amide bonds. The van der Waals surface area contributed by atoms with Gasteiger partial charge in [0, 0.05) is 11.4 Å². The van der Waals surface area contributed by atoms with Gasteiger partial charge in [0.05, 0.1) is 24.9 Å². The highest BCUT2D eigenvalue weighted by atomic mass is 32.1. The molecule has 0 bridgehead atoms. The normalized spacial score (nSPS) is 26.1. The van der Waals surface area contributed by atoms with Crippen LogP contribution in [-0.2, 0) is 17.6 Å². The lowest BCUT2D eigenvalue weighted by Gasteiger charge is -2.21. The van der Waals surface area contributed by atoms with Crippen molar-refractivity contribution in [1.29, 1.82) is 0 Å². The van der Waals surface area contributed by atoms with Crippen molar-refractivity contribution in [3.8, 4) is 0 Å². The summed E-state index contributed by atoms with van der Waals surface area (Å²) in [6, 6.07) is 0.339. The summed E-state index contributed by atoms with van der Waals surface area (Å²) in [5, 5.41) is 4.73. The first-order chi connectivity index (χ1) is 7.93. The summed E-state index contributed by atoms with van der Waals surface area (Å²) in [6.45, 7) is 2.57. The highest BCUT2D eigenvalue weighted by Crippen LogP contribution is 2.29. The Morgan fingerprint density at radius 3 is 3.06 bits per heavy atom. The standard InChI is InChI=1S/C12H18N2OS/c1-2-4-9-11(5-3-1)16-12(14-9)10-8-15-7-6-13-10/h10,13H,1-8H2. The Bertz CT molecular complexity index is 334. The number of fused-ring (bicyclic) bond motifs is 1. The zero-order valence-electron chi connectivity index (χ0n) is 9.50. The first-order valence-corrected chi connectivity index (χ1v) is 7.05. The van der Waals surface area contributed by atoms with Crippen LogP contribution in [0.4, 0.5) is 0 Å². The Hall–Kier alpha value is -0.450. The molecule has 0 spiro atoms. The van der Waals surface area contributed by atoms with E-state index in [0.29, 0.717) is 6.04 Å². The second kappa shape index (κ2) is 4.82. The van der Waals surface area contributed by atoms with Crippen LogP contribution in [0.1, 0.15) is 40.9 Å². The fourth-order valence-corrected chi connectivity index (χ4v) is 3.64.